The van der Waals surface area contributed by atoms with Crippen LogP contribution in [0, 0.1) is 7.14 Å². The quantitative estimate of drug-likeness (QED) is 0.424. The molecule has 0 amide bonds. The zero-order valence-corrected chi connectivity index (χ0v) is 14.5. The lowest BCUT2D eigenvalue weighted by atomic mass is 10.3. The summed E-state index contributed by atoms with van der Waals surface area (Å²) in [7, 11) is 0. The highest BCUT2D eigenvalue weighted by atomic mass is 127. The van der Waals surface area contributed by atoms with Crippen molar-refractivity contribution in [1.29, 1.82) is 0 Å². The van der Waals surface area contributed by atoms with E-state index in [-0.39, 0.29) is 21.2 Å². The van der Waals surface area contributed by atoms with E-state index in [4.69, 9.17) is 33.2 Å². The Morgan fingerprint density at radius 1 is 0.889 bits per heavy atom. The summed E-state index contributed by atoms with van der Waals surface area (Å²) >= 11 is 17.6. The molecule has 0 spiro atoms. The molecule has 1 nitrogen and oxygen atoms in total. The summed E-state index contributed by atoms with van der Waals surface area (Å²) in [5, 5.41) is 10.2. The summed E-state index contributed by atoms with van der Waals surface area (Å²) < 4.78 is 2.31. The predicted molar refractivity (Wildman–Crippen MR) is 74.9 cm³/mol. The van der Waals surface area contributed by atoms with E-state index >= 15 is 0 Å². The molecule has 1 N–H and O–H groups in total. The van der Waals surface area contributed by atoms with Crippen LogP contribution in [-0.2, 0) is 0 Å². The van der Waals surface area contributed by atoms with Gasteiger partial charge in [-0.3, -0.25) is 0 Å². The van der Waals surface area contributed by atoms with Gasteiger partial charge in [0, 0.05) is 6.07 Å². The number of halogens is 4. The maximum absolute atomic E-state index is 9.44. The molecular weight excluding hydrogens is 421 g/mol. The largest absolute Gasteiger partial charge is 0.508 e. The van der Waals surface area contributed by atoms with E-state index in [0.29, 0.717) is 5.75 Å². The van der Waals surface area contributed by atoms with Crippen molar-refractivity contribution in [2.24, 2.45) is 0 Å². The third-order valence-corrected chi connectivity index (χ3v) is 7.70. The van der Waals surface area contributed by atoms with Crippen LogP contribution < -0.4 is 26.4 Å². The number of rotatable bonds is 3. The second-order valence-corrected chi connectivity index (χ2v) is 15.0. The molecule has 0 saturated carbocycles. The van der Waals surface area contributed by atoms with Gasteiger partial charge in [-0.2, -0.15) is 0 Å². The molecule has 0 heterocycles. The average molecular weight is 431 g/mol. The van der Waals surface area contributed by atoms with Crippen molar-refractivity contribution in [2.75, 3.05) is 0 Å². The van der Waals surface area contributed by atoms with E-state index in [9.17, 15) is 5.11 Å². The van der Waals surface area contributed by atoms with Crippen molar-refractivity contribution in [2.45, 2.75) is 0 Å². The Hall–Kier alpha value is 0.0569. The van der Waals surface area contributed by atoms with E-state index in [2.05, 4.69) is 0 Å². The van der Waals surface area contributed by atoms with Crippen molar-refractivity contribution >= 4 is 44.4 Å². The maximum atomic E-state index is 9.44. The molecule has 2 aromatic rings. The summed E-state index contributed by atoms with van der Waals surface area (Å²) in [5.41, 5.74) is 0. The van der Waals surface area contributed by atoms with Crippen molar-refractivity contribution < 1.29 is 26.3 Å². The molecule has 0 aliphatic heterocycles. The van der Waals surface area contributed by atoms with Crippen molar-refractivity contribution in [3.05, 3.63) is 55.7 Å². The molecule has 0 radical (unpaired) electrons. The van der Waals surface area contributed by atoms with Gasteiger partial charge in [0.25, 0.3) is 0 Å². The minimum atomic E-state index is -2.81. The lowest BCUT2D eigenvalue weighted by molar-refractivity contribution is -0.597. The van der Waals surface area contributed by atoms with Gasteiger partial charge < -0.3 is 5.11 Å². The standard InChI is InChI=1S/C12H8Cl3IOSi/c13-18(14,15)12-6-2-4-10(8-12)16-9-3-1-5-11(17)7-9/h1-8H/p+1. The summed E-state index contributed by atoms with van der Waals surface area (Å²) in [5.74, 6) is 0.291. The van der Waals surface area contributed by atoms with Crippen LogP contribution in [0.2, 0.25) is 0 Å². The molecule has 0 aliphatic rings. The van der Waals surface area contributed by atoms with Gasteiger partial charge in [-0.15, -0.1) is 33.2 Å². The van der Waals surface area contributed by atoms with Crippen LogP contribution in [0.3, 0.4) is 0 Å². The van der Waals surface area contributed by atoms with Crippen LogP contribution in [0.25, 0.3) is 0 Å². The smallest absolute Gasteiger partial charge is 0.373 e. The highest BCUT2D eigenvalue weighted by Gasteiger charge is 2.29. The van der Waals surface area contributed by atoms with E-state index in [1.165, 1.54) is 3.57 Å². The van der Waals surface area contributed by atoms with E-state index in [1.807, 2.05) is 36.4 Å². The third-order valence-electron chi connectivity index (χ3n) is 2.18. The lowest BCUT2D eigenvalue weighted by Gasteiger charge is -2.06. The first kappa shape index (κ1) is 14.5. The molecule has 0 aliphatic carbocycles. The summed E-state index contributed by atoms with van der Waals surface area (Å²) in [6, 6.07) is 12.3. The second-order valence-electron chi connectivity index (χ2n) is 3.58. The minimum absolute atomic E-state index is 0.291. The van der Waals surface area contributed by atoms with Crippen LogP contribution in [0.5, 0.6) is 5.75 Å². The first-order chi connectivity index (χ1) is 8.45. The fourth-order valence-electron chi connectivity index (χ4n) is 1.38. The molecule has 2 aromatic carbocycles. The zero-order chi connectivity index (χ0) is 13.2. The number of hydrogen-bond acceptors (Lipinski definition) is 1. The second kappa shape index (κ2) is 6.01. The van der Waals surface area contributed by atoms with Gasteiger partial charge in [-0.1, -0.05) is 18.2 Å². The normalized spacial score (nSPS) is 11.5. The van der Waals surface area contributed by atoms with Crippen LogP contribution in [0.1, 0.15) is 0 Å². The minimum Gasteiger partial charge on any atom is -0.508 e. The molecule has 18 heavy (non-hydrogen) atoms. The Morgan fingerprint density at radius 3 is 2.11 bits per heavy atom. The van der Waals surface area contributed by atoms with Gasteiger partial charge in [0.15, 0.2) is 7.14 Å². The Bertz CT molecular complexity index is 557. The fourth-order valence-corrected chi connectivity index (χ4v) is 5.80. The Balaban J connectivity index is 2.25. The van der Waals surface area contributed by atoms with Gasteiger partial charge in [0.1, 0.15) is 5.75 Å². The van der Waals surface area contributed by atoms with E-state index in [0.717, 1.165) is 8.76 Å². The van der Waals surface area contributed by atoms with Gasteiger partial charge in [0.2, 0.25) is 0 Å². The first-order valence-corrected chi connectivity index (χ1v) is 12.3. The number of benzene rings is 2. The predicted octanol–water partition coefficient (Wildman–Crippen LogP) is 0.383. The molecule has 0 unspecified atom stereocenters. The van der Waals surface area contributed by atoms with Crippen LogP contribution in [-0.4, -0.2) is 11.1 Å². The molecular formula is C12H9Cl3IOSi+. The molecule has 0 atom stereocenters. The Labute approximate surface area is 131 Å². The highest BCUT2D eigenvalue weighted by molar-refractivity contribution is 7.69. The number of phenols is 1. The van der Waals surface area contributed by atoms with Crippen LogP contribution in [0.15, 0.2) is 48.5 Å². The fraction of sp³-hybridized carbons (Fsp3) is 0. The molecule has 0 saturated heterocycles. The van der Waals surface area contributed by atoms with Crippen molar-refractivity contribution in [3.8, 4) is 5.75 Å². The summed E-state index contributed by atoms with van der Waals surface area (Å²) in [6.07, 6.45) is 0. The maximum Gasteiger partial charge on any atom is 0.373 e. The van der Waals surface area contributed by atoms with E-state index < -0.39 is 6.00 Å². The monoisotopic (exact) mass is 429 g/mol. The average Bonchev–Trinajstić information content (AvgIpc) is 2.28. The number of hydrogen-bond donors (Lipinski definition) is 1. The van der Waals surface area contributed by atoms with Gasteiger partial charge >= 0.3 is 27.2 Å². The summed E-state index contributed by atoms with van der Waals surface area (Å²) in [6.45, 7) is 0. The van der Waals surface area contributed by atoms with Crippen LogP contribution in [0.4, 0.5) is 0 Å². The van der Waals surface area contributed by atoms with Gasteiger partial charge in [0.05, 0.1) is 0 Å². The lowest BCUT2D eigenvalue weighted by Crippen LogP contribution is -3.61. The molecule has 0 fully saturated rings. The van der Waals surface area contributed by atoms with Gasteiger partial charge in [-0.25, -0.2) is 0 Å². The molecule has 94 valence electrons. The molecule has 2 rings (SSSR count). The van der Waals surface area contributed by atoms with Crippen molar-refractivity contribution in [1.82, 2.24) is 0 Å². The first-order valence-electron chi connectivity index (χ1n) is 5.06. The topological polar surface area (TPSA) is 20.2 Å². The highest BCUT2D eigenvalue weighted by Crippen LogP contribution is 2.18. The molecule has 6 heteroatoms. The SMILES string of the molecule is Oc1cccc([I+]c2cccc([Si](Cl)(Cl)Cl)c2)c1. The van der Waals surface area contributed by atoms with E-state index in [1.54, 1.807) is 12.1 Å². The molecule has 0 bridgehead atoms. The van der Waals surface area contributed by atoms with Gasteiger partial charge in [-0.05, 0) is 29.5 Å². The number of aromatic hydroxyl groups is 1. The Kier molecular flexibility index (Phi) is 4.83. The number of phenolic OH excluding ortho intramolecular Hbond substituents is 1. The molecule has 0 aromatic heterocycles. The Morgan fingerprint density at radius 2 is 1.50 bits per heavy atom. The van der Waals surface area contributed by atoms with Crippen LogP contribution >= 0.6 is 33.2 Å². The summed E-state index contributed by atoms with van der Waals surface area (Å²) in [4.78, 5) is 0. The third kappa shape index (κ3) is 4.03. The zero-order valence-electron chi connectivity index (χ0n) is 9.08. The van der Waals surface area contributed by atoms with Crippen molar-refractivity contribution in [3.63, 3.8) is 0 Å².